The van der Waals surface area contributed by atoms with E-state index in [1.807, 2.05) is 6.92 Å². The smallest absolute Gasteiger partial charge is 0.301 e. The van der Waals surface area contributed by atoms with Gasteiger partial charge in [-0.2, -0.15) is 0 Å². The van der Waals surface area contributed by atoms with Gasteiger partial charge in [-0.3, -0.25) is 14.5 Å². The zero-order valence-corrected chi connectivity index (χ0v) is 21.1. The molecule has 0 aliphatic carbocycles. The maximum Gasteiger partial charge on any atom is 0.301 e. The minimum absolute atomic E-state index is 0.0860. The Balaban J connectivity index is 1.94. The van der Waals surface area contributed by atoms with Crippen molar-refractivity contribution in [1.82, 2.24) is 4.98 Å². The highest BCUT2D eigenvalue weighted by atomic mass is 32.1. The molecule has 1 atom stereocenters. The summed E-state index contributed by atoms with van der Waals surface area (Å²) in [5.74, 6) is -0.383. The van der Waals surface area contributed by atoms with Gasteiger partial charge in [0.2, 0.25) is 5.75 Å². The number of benzene rings is 2. The largest absolute Gasteiger partial charge is 0.507 e. The fourth-order valence-corrected chi connectivity index (χ4v) is 4.71. The molecule has 2 heterocycles. The number of ketones is 1. The van der Waals surface area contributed by atoms with E-state index in [-0.39, 0.29) is 11.3 Å². The number of hydrogen-bond donors (Lipinski definition) is 1. The van der Waals surface area contributed by atoms with Crippen LogP contribution in [-0.4, -0.2) is 49.7 Å². The zero-order chi connectivity index (χ0) is 25.8. The van der Waals surface area contributed by atoms with E-state index >= 15 is 0 Å². The number of rotatable bonds is 9. The molecule has 10 heteroatoms. The highest BCUT2D eigenvalue weighted by molar-refractivity contribution is 7.14. The van der Waals surface area contributed by atoms with Gasteiger partial charge in [0.1, 0.15) is 11.5 Å². The van der Waals surface area contributed by atoms with Gasteiger partial charge < -0.3 is 24.1 Å². The first-order chi connectivity index (χ1) is 17.4. The predicted octanol–water partition coefficient (Wildman–Crippen LogP) is 4.58. The number of aliphatic hydroxyl groups excluding tert-OH is 1. The van der Waals surface area contributed by atoms with Crippen LogP contribution in [0.25, 0.3) is 5.76 Å². The van der Waals surface area contributed by atoms with Gasteiger partial charge in [0, 0.05) is 17.1 Å². The van der Waals surface area contributed by atoms with Crippen LogP contribution in [0.4, 0.5) is 5.13 Å². The number of methoxy groups -OCH3 is 3. The second-order valence-electron chi connectivity index (χ2n) is 7.82. The highest BCUT2D eigenvalue weighted by Crippen LogP contribution is 2.47. The number of Topliss-reactive ketones (excluding diaryl/α,β-unsaturated/α-hetero) is 1. The Bertz CT molecular complexity index is 1280. The first kappa shape index (κ1) is 25.1. The lowest BCUT2D eigenvalue weighted by Crippen LogP contribution is -2.29. The lowest BCUT2D eigenvalue weighted by Gasteiger charge is -2.24. The van der Waals surface area contributed by atoms with Crippen LogP contribution < -0.4 is 23.8 Å². The quantitative estimate of drug-likeness (QED) is 0.253. The van der Waals surface area contributed by atoms with Crippen molar-refractivity contribution in [2.24, 2.45) is 0 Å². The third kappa shape index (κ3) is 4.47. The number of anilines is 1. The molecule has 0 bridgehead atoms. The number of carbonyl (C=O) groups excluding carboxylic acids is 2. The van der Waals surface area contributed by atoms with Crippen LogP contribution in [0.5, 0.6) is 23.0 Å². The zero-order valence-electron chi connectivity index (χ0n) is 20.3. The summed E-state index contributed by atoms with van der Waals surface area (Å²) in [6.07, 6.45) is 2.36. The number of nitrogens with zero attached hydrogens (tertiary/aromatic N) is 2. The van der Waals surface area contributed by atoms with Gasteiger partial charge in [0.25, 0.3) is 5.78 Å². The number of ether oxygens (including phenoxy) is 4. The van der Waals surface area contributed by atoms with Crippen LogP contribution in [0, 0.1) is 0 Å². The van der Waals surface area contributed by atoms with Crippen molar-refractivity contribution in [2.45, 2.75) is 19.4 Å². The Morgan fingerprint density at radius 1 is 1.08 bits per heavy atom. The molecule has 36 heavy (non-hydrogen) atoms. The lowest BCUT2D eigenvalue weighted by molar-refractivity contribution is -0.132. The van der Waals surface area contributed by atoms with Crippen LogP contribution in [0.2, 0.25) is 0 Å². The Labute approximate surface area is 212 Å². The van der Waals surface area contributed by atoms with Gasteiger partial charge in [0.05, 0.1) is 39.6 Å². The number of carbonyl (C=O) groups is 2. The first-order valence-electron chi connectivity index (χ1n) is 11.2. The van der Waals surface area contributed by atoms with Gasteiger partial charge in [0.15, 0.2) is 16.6 Å². The van der Waals surface area contributed by atoms with Crippen molar-refractivity contribution >= 4 is 33.9 Å². The minimum atomic E-state index is -0.995. The topological polar surface area (TPSA) is 107 Å². The van der Waals surface area contributed by atoms with Gasteiger partial charge in [-0.15, -0.1) is 11.3 Å². The van der Waals surface area contributed by atoms with Crippen LogP contribution in [-0.2, 0) is 9.59 Å². The molecule has 2 aromatic carbocycles. The highest BCUT2D eigenvalue weighted by Gasteiger charge is 2.48. The fraction of sp³-hybridized carbons (Fsp3) is 0.269. The van der Waals surface area contributed by atoms with Crippen LogP contribution in [0.1, 0.15) is 30.5 Å². The van der Waals surface area contributed by atoms with Crippen molar-refractivity contribution in [3.8, 4) is 23.0 Å². The van der Waals surface area contributed by atoms with Crippen LogP contribution >= 0.6 is 11.3 Å². The Kier molecular flexibility index (Phi) is 7.44. The Hall–Kier alpha value is -4.05. The number of aliphatic hydroxyl groups is 1. The van der Waals surface area contributed by atoms with E-state index < -0.39 is 17.7 Å². The van der Waals surface area contributed by atoms with E-state index in [2.05, 4.69) is 4.98 Å². The minimum Gasteiger partial charge on any atom is -0.507 e. The van der Waals surface area contributed by atoms with E-state index in [1.54, 1.807) is 48.0 Å². The summed E-state index contributed by atoms with van der Waals surface area (Å²) in [5, 5.41) is 13.4. The summed E-state index contributed by atoms with van der Waals surface area (Å²) in [5.41, 5.74) is 0.731. The molecule has 9 nitrogen and oxygen atoms in total. The summed E-state index contributed by atoms with van der Waals surface area (Å²) < 4.78 is 22.1. The molecule has 1 amide bonds. The fourth-order valence-electron chi connectivity index (χ4n) is 4.05. The monoisotopic (exact) mass is 510 g/mol. The second-order valence-corrected chi connectivity index (χ2v) is 8.69. The molecule has 188 valence electrons. The van der Waals surface area contributed by atoms with Gasteiger partial charge in [-0.05, 0) is 36.2 Å². The summed E-state index contributed by atoms with van der Waals surface area (Å²) in [4.78, 5) is 32.1. The average Bonchev–Trinajstić information content (AvgIpc) is 3.52. The standard InChI is InChI=1S/C26H26N2O7S/c1-5-10-35-17-8-6-7-15(12-17)22(29)20-21(28(25(31)23(20)30)26-27-9-11-36-26)16-13-18(32-2)24(34-4)19(14-16)33-3/h6-9,11-14,21,29H,5,10H2,1-4H3. The normalized spacial score (nSPS) is 16.8. The summed E-state index contributed by atoms with van der Waals surface area (Å²) in [6.45, 7) is 2.49. The molecular formula is C26H26N2O7S. The van der Waals surface area contributed by atoms with Crippen molar-refractivity contribution in [3.63, 3.8) is 0 Å². The summed E-state index contributed by atoms with van der Waals surface area (Å²) >= 11 is 1.20. The molecule has 0 radical (unpaired) electrons. The lowest BCUT2D eigenvalue weighted by atomic mass is 9.94. The molecule has 1 aliphatic rings. The summed E-state index contributed by atoms with van der Waals surface area (Å²) in [7, 11) is 4.43. The molecule has 0 spiro atoms. The molecule has 1 fully saturated rings. The first-order valence-corrected chi connectivity index (χ1v) is 12.1. The van der Waals surface area contributed by atoms with E-state index in [1.165, 1.54) is 37.6 Å². The third-order valence-electron chi connectivity index (χ3n) is 5.65. The number of amides is 1. The van der Waals surface area contributed by atoms with E-state index in [4.69, 9.17) is 18.9 Å². The van der Waals surface area contributed by atoms with Gasteiger partial charge >= 0.3 is 5.91 Å². The molecule has 4 rings (SSSR count). The number of thiazole rings is 1. The van der Waals surface area contributed by atoms with E-state index in [0.29, 0.717) is 45.9 Å². The van der Waals surface area contributed by atoms with E-state index in [9.17, 15) is 14.7 Å². The van der Waals surface area contributed by atoms with E-state index in [0.717, 1.165) is 6.42 Å². The molecule has 1 unspecified atom stereocenters. The van der Waals surface area contributed by atoms with Gasteiger partial charge in [-0.25, -0.2) is 4.98 Å². The maximum absolute atomic E-state index is 13.3. The predicted molar refractivity (Wildman–Crippen MR) is 135 cm³/mol. The van der Waals surface area contributed by atoms with Crippen LogP contribution in [0.3, 0.4) is 0 Å². The average molecular weight is 511 g/mol. The summed E-state index contributed by atoms with van der Waals surface area (Å²) in [6, 6.07) is 9.05. The second kappa shape index (κ2) is 10.7. The molecule has 3 aromatic rings. The molecule has 1 aromatic heterocycles. The molecule has 1 aliphatic heterocycles. The number of aromatic nitrogens is 1. The van der Waals surface area contributed by atoms with Gasteiger partial charge in [-0.1, -0.05) is 19.1 Å². The molecule has 0 saturated carbocycles. The molecule has 1 N–H and O–H groups in total. The van der Waals surface area contributed by atoms with Crippen molar-refractivity contribution in [2.75, 3.05) is 32.8 Å². The Morgan fingerprint density at radius 2 is 1.81 bits per heavy atom. The third-order valence-corrected chi connectivity index (χ3v) is 6.42. The molecular weight excluding hydrogens is 484 g/mol. The Morgan fingerprint density at radius 3 is 2.39 bits per heavy atom. The van der Waals surface area contributed by atoms with Crippen LogP contribution in [0.15, 0.2) is 53.5 Å². The van der Waals surface area contributed by atoms with Crippen molar-refractivity contribution in [1.29, 1.82) is 0 Å². The maximum atomic E-state index is 13.3. The molecule has 1 saturated heterocycles. The van der Waals surface area contributed by atoms with Crippen molar-refractivity contribution in [3.05, 3.63) is 64.7 Å². The van der Waals surface area contributed by atoms with Crippen molar-refractivity contribution < 1.29 is 33.6 Å². The number of hydrogen-bond acceptors (Lipinski definition) is 9. The SMILES string of the molecule is CCCOc1cccc(C(O)=C2C(=O)C(=O)N(c3nccs3)C2c2cc(OC)c(OC)c(OC)c2)c1.